The number of benzene rings is 3. The average Bonchev–Trinajstić information content (AvgIpc) is 2.83. The van der Waals surface area contributed by atoms with Gasteiger partial charge in [0.2, 0.25) is 0 Å². The Morgan fingerprint density at radius 1 is 0.788 bits per heavy atom. The monoisotopic (exact) mass is 448 g/mol. The van der Waals surface area contributed by atoms with Crippen LogP contribution in [-0.2, 0) is 0 Å². The molecule has 1 aliphatic rings. The van der Waals surface area contributed by atoms with Crippen LogP contribution in [0.5, 0.6) is 0 Å². The average molecular weight is 449 g/mol. The topological polar surface area (TPSA) is 0 Å². The van der Waals surface area contributed by atoms with Gasteiger partial charge in [0, 0.05) is 11.1 Å². The number of aryl methyl sites for hydroxylation is 1. The summed E-state index contributed by atoms with van der Waals surface area (Å²) in [7, 11) is 0. The summed E-state index contributed by atoms with van der Waals surface area (Å²) in [5, 5.41) is 0. The molecule has 1 atom stereocenters. The van der Waals surface area contributed by atoms with Crippen LogP contribution in [0.4, 0.5) is 13.2 Å². The van der Waals surface area contributed by atoms with Crippen molar-refractivity contribution in [3.05, 3.63) is 89.3 Å². The van der Waals surface area contributed by atoms with Gasteiger partial charge in [-0.05, 0) is 66.0 Å². The molecule has 0 nitrogen and oxygen atoms in total. The van der Waals surface area contributed by atoms with Crippen LogP contribution >= 0.6 is 0 Å². The second kappa shape index (κ2) is 10.4. The summed E-state index contributed by atoms with van der Waals surface area (Å²) in [4.78, 5) is 0. The van der Waals surface area contributed by atoms with Gasteiger partial charge in [-0.3, -0.25) is 0 Å². The van der Waals surface area contributed by atoms with E-state index in [4.69, 9.17) is 0 Å². The van der Waals surface area contributed by atoms with Crippen LogP contribution in [0, 0.1) is 30.3 Å². The summed E-state index contributed by atoms with van der Waals surface area (Å²) >= 11 is 0. The lowest BCUT2D eigenvalue weighted by Crippen LogP contribution is -2.05. The molecule has 0 spiro atoms. The molecule has 3 aromatic carbocycles. The SMILES string of the molecule is CCCCCC1CC=C(c2ccc(-c3ccc(-c4ccc(C)c(F)c4F)cc3)c(F)c2)CC1. The first-order chi connectivity index (χ1) is 16.0. The van der Waals surface area contributed by atoms with E-state index in [0.717, 1.165) is 24.3 Å². The van der Waals surface area contributed by atoms with Gasteiger partial charge in [-0.15, -0.1) is 0 Å². The lowest BCUT2D eigenvalue weighted by atomic mass is 9.83. The van der Waals surface area contributed by atoms with Crippen molar-refractivity contribution in [1.82, 2.24) is 0 Å². The third kappa shape index (κ3) is 5.24. The highest BCUT2D eigenvalue weighted by atomic mass is 19.2. The van der Waals surface area contributed by atoms with Gasteiger partial charge in [0.15, 0.2) is 11.6 Å². The van der Waals surface area contributed by atoms with Gasteiger partial charge in [-0.2, -0.15) is 0 Å². The quantitative estimate of drug-likeness (QED) is 0.316. The highest BCUT2D eigenvalue weighted by molar-refractivity contribution is 5.74. The Labute approximate surface area is 195 Å². The van der Waals surface area contributed by atoms with Gasteiger partial charge >= 0.3 is 0 Å². The van der Waals surface area contributed by atoms with Crippen molar-refractivity contribution >= 4 is 5.57 Å². The van der Waals surface area contributed by atoms with Gasteiger partial charge in [0.05, 0.1) is 0 Å². The number of allylic oxidation sites excluding steroid dienone is 2. The molecule has 3 heteroatoms. The number of hydrogen-bond acceptors (Lipinski definition) is 0. The molecule has 0 fully saturated rings. The van der Waals surface area contributed by atoms with E-state index in [-0.39, 0.29) is 16.9 Å². The summed E-state index contributed by atoms with van der Waals surface area (Å²) in [6.45, 7) is 3.77. The first-order valence-corrected chi connectivity index (χ1v) is 12.0. The Morgan fingerprint density at radius 2 is 1.45 bits per heavy atom. The molecule has 0 amide bonds. The normalized spacial score (nSPS) is 16.0. The minimum atomic E-state index is -0.855. The van der Waals surface area contributed by atoms with Crippen LogP contribution in [0.25, 0.3) is 27.8 Å². The predicted molar refractivity (Wildman–Crippen MR) is 131 cm³/mol. The number of halogens is 3. The fraction of sp³-hybridized carbons (Fsp3) is 0.333. The zero-order chi connectivity index (χ0) is 23.4. The Hall–Kier alpha value is -2.81. The van der Waals surface area contributed by atoms with Crippen LogP contribution in [-0.4, -0.2) is 0 Å². The second-order valence-electron chi connectivity index (χ2n) is 9.20. The van der Waals surface area contributed by atoms with E-state index in [1.807, 2.05) is 12.1 Å². The molecule has 1 unspecified atom stereocenters. The third-order valence-electron chi connectivity index (χ3n) is 6.86. The Morgan fingerprint density at radius 3 is 2.09 bits per heavy atom. The van der Waals surface area contributed by atoms with Crippen molar-refractivity contribution in [2.24, 2.45) is 5.92 Å². The fourth-order valence-electron chi connectivity index (χ4n) is 4.74. The predicted octanol–water partition coefficient (Wildman–Crippen LogP) is 9.51. The summed E-state index contributed by atoms with van der Waals surface area (Å²) in [6.07, 6.45) is 10.7. The molecule has 0 aliphatic heterocycles. The fourth-order valence-corrected chi connectivity index (χ4v) is 4.74. The van der Waals surface area contributed by atoms with Crippen LogP contribution < -0.4 is 0 Å². The molecule has 33 heavy (non-hydrogen) atoms. The van der Waals surface area contributed by atoms with Gasteiger partial charge in [0.1, 0.15) is 5.82 Å². The largest absolute Gasteiger partial charge is 0.206 e. The van der Waals surface area contributed by atoms with Gasteiger partial charge in [-0.25, -0.2) is 13.2 Å². The Kier molecular flexibility index (Phi) is 7.37. The van der Waals surface area contributed by atoms with Gasteiger partial charge in [-0.1, -0.05) is 87.2 Å². The molecule has 0 N–H and O–H groups in total. The molecule has 3 aromatic rings. The molecule has 0 saturated heterocycles. The lowest BCUT2D eigenvalue weighted by molar-refractivity contribution is 0.428. The minimum absolute atomic E-state index is 0.206. The van der Waals surface area contributed by atoms with Crippen molar-refractivity contribution in [3.63, 3.8) is 0 Å². The molecule has 0 heterocycles. The molecule has 0 saturated carbocycles. The number of rotatable bonds is 7. The minimum Gasteiger partial charge on any atom is -0.206 e. The van der Waals surface area contributed by atoms with E-state index < -0.39 is 11.6 Å². The summed E-state index contributed by atoms with van der Waals surface area (Å²) in [5.41, 5.74) is 4.46. The molecule has 0 aromatic heterocycles. The first kappa shape index (κ1) is 23.4. The zero-order valence-electron chi connectivity index (χ0n) is 19.4. The Balaban J connectivity index is 1.49. The standard InChI is InChI=1S/C30H31F3/c1-3-4-5-6-21-8-10-22(11-9-21)25-16-18-26(28(31)19-25)23-12-14-24(15-13-23)27-17-7-20(2)29(32)30(27)33/h7,10,12-19,21H,3-6,8-9,11H2,1-2H3. The van der Waals surface area contributed by atoms with Crippen molar-refractivity contribution in [2.45, 2.75) is 58.8 Å². The highest BCUT2D eigenvalue weighted by Crippen LogP contribution is 2.35. The Bertz CT molecular complexity index is 1140. The van der Waals surface area contributed by atoms with E-state index in [9.17, 15) is 8.78 Å². The van der Waals surface area contributed by atoms with Crippen molar-refractivity contribution in [2.75, 3.05) is 0 Å². The van der Waals surface area contributed by atoms with Crippen LogP contribution in [0.15, 0.2) is 60.7 Å². The lowest BCUT2D eigenvalue weighted by Gasteiger charge is -2.22. The van der Waals surface area contributed by atoms with Crippen LogP contribution in [0.3, 0.4) is 0 Å². The summed E-state index contributed by atoms with van der Waals surface area (Å²) in [6, 6.07) is 15.5. The van der Waals surface area contributed by atoms with Crippen molar-refractivity contribution < 1.29 is 13.2 Å². The van der Waals surface area contributed by atoms with E-state index in [0.29, 0.717) is 16.7 Å². The van der Waals surface area contributed by atoms with E-state index in [2.05, 4.69) is 13.0 Å². The maximum Gasteiger partial charge on any atom is 0.166 e. The summed E-state index contributed by atoms with van der Waals surface area (Å²) < 4.78 is 43.3. The third-order valence-corrected chi connectivity index (χ3v) is 6.86. The highest BCUT2D eigenvalue weighted by Gasteiger charge is 2.17. The maximum atomic E-state index is 15.0. The first-order valence-electron chi connectivity index (χ1n) is 12.0. The molecule has 1 aliphatic carbocycles. The maximum absolute atomic E-state index is 15.0. The number of hydrogen-bond donors (Lipinski definition) is 0. The van der Waals surface area contributed by atoms with E-state index >= 15 is 4.39 Å². The molecule has 4 rings (SSSR count). The van der Waals surface area contributed by atoms with E-state index in [1.54, 1.807) is 42.5 Å². The molecule has 0 bridgehead atoms. The second-order valence-corrected chi connectivity index (χ2v) is 9.20. The molecule has 0 radical (unpaired) electrons. The van der Waals surface area contributed by atoms with Crippen LogP contribution in [0.2, 0.25) is 0 Å². The van der Waals surface area contributed by atoms with E-state index in [1.165, 1.54) is 44.6 Å². The smallest absolute Gasteiger partial charge is 0.166 e. The molecular formula is C30H31F3. The van der Waals surface area contributed by atoms with Gasteiger partial charge < -0.3 is 0 Å². The summed E-state index contributed by atoms with van der Waals surface area (Å²) in [5.74, 6) is -1.19. The zero-order valence-corrected chi connectivity index (χ0v) is 19.4. The molecular weight excluding hydrogens is 417 g/mol. The molecule has 172 valence electrons. The van der Waals surface area contributed by atoms with Crippen LogP contribution in [0.1, 0.15) is 63.0 Å². The van der Waals surface area contributed by atoms with Crippen molar-refractivity contribution in [1.29, 1.82) is 0 Å². The van der Waals surface area contributed by atoms with Gasteiger partial charge in [0.25, 0.3) is 0 Å². The van der Waals surface area contributed by atoms with Crippen molar-refractivity contribution in [3.8, 4) is 22.3 Å². The number of unbranched alkanes of at least 4 members (excludes halogenated alkanes) is 2.